The standard InChI is InChI=1S/C14H15NOS2/c1-15-10-12(17-6-2-3-7-17)14(16)13(11-15)18-8-4-5-9-18/h2,4,6-11H,3,5H2,1H3. The van der Waals surface area contributed by atoms with Crippen LogP contribution in [0.15, 0.2) is 49.9 Å². The van der Waals surface area contributed by atoms with Crippen molar-refractivity contribution in [3.63, 3.8) is 0 Å². The van der Waals surface area contributed by atoms with Crippen LogP contribution < -0.4 is 5.43 Å². The van der Waals surface area contributed by atoms with Gasteiger partial charge in [0.1, 0.15) is 0 Å². The largest absolute Gasteiger partial charge is 0.355 e. The quantitative estimate of drug-likeness (QED) is 0.761. The van der Waals surface area contributed by atoms with E-state index in [1.807, 2.05) is 24.0 Å². The molecule has 1 aromatic heterocycles. The average Bonchev–Trinajstić information content (AvgIpc) is 3.02. The highest BCUT2D eigenvalue weighted by atomic mass is 32.2. The van der Waals surface area contributed by atoms with E-state index in [0.717, 1.165) is 22.6 Å². The minimum Gasteiger partial charge on any atom is -0.355 e. The summed E-state index contributed by atoms with van der Waals surface area (Å²) in [6.45, 7) is 0. The summed E-state index contributed by atoms with van der Waals surface area (Å²) in [7, 11) is 1.81. The van der Waals surface area contributed by atoms with Gasteiger partial charge in [0.25, 0.3) is 0 Å². The van der Waals surface area contributed by atoms with Crippen LogP contribution in [-0.2, 0) is 7.05 Å². The Balaban J connectivity index is 2.19. The summed E-state index contributed by atoms with van der Waals surface area (Å²) in [5.41, 5.74) is 0.227. The van der Waals surface area contributed by atoms with E-state index in [1.54, 1.807) is 0 Å². The molecule has 0 saturated carbocycles. The molecule has 94 valence electrons. The van der Waals surface area contributed by atoms with E-state index in [-0.39, 0.29) is 26.4 Å². The second kappa shape index (κ2) is 4.86. The highest BCUT2D eigenvalue weighted by molar-refractivity contribution is 8.18. The average molecular weight is 277 g/mol. The van der Waals surface area contributed by atoms with Crippen molar-refractivity contribution in [2.45, 2.75) is 22.6 Å². The van der Waals surface area contributed by atoms with Crippen molar-refractivity contribution < 1.29 is 0 Å². The zero-order chi connectivity index (χ0) is 12.5. The first-order chi connectivity index (χ1) is 8.75. The molecule has 1 aromatic rings. The molecule has 0 aromatic carbocycles. The molecule has 2 nitrogen and oxygen atoms in total. The second-order valence-corrected chi connectivity index (χ2v) is 7.85. The van der Waals surface area contributed by atoms with Gasteiger partial charge in [0, 0.05) is 19.4 Å². The number of rotatable bonds is 2. The third-order valence-corrected chi connectivity index (χ3v) is 6.58. The van der Waals surface area contributed by atoms with Crippen LogP contribution in [0, 0.1) is 0 Å². The molecule has 18 heavy (non-hydrogen) atoms. The Bertz CT molecular complexity index is 623. The van der Waals surface area contributed by atoms with Gasteiger partial charge in [-0.3, -0.25) is 4.79 Å². The molecular formula is C14H15NOS2. The molecule has 2 aliphatic rings. The molecule has 0 bridgehead atoms. The third kappa shape index (κ3) is 2.10. The molecule has 2 aliphatic heterocycles. The number of allylic oxidation sites excluding steroid dienone is 2. The molecule has 2 unspecified atom stereocenters. The van der Waals surface area contributed by atoms with Gasteiger partial charge in [0.15, 0.2) is 0 Å². The van der Waals surface area contributed by atoms with Gasteiger partial charge >= 0.3 is 0 Å². The predicted molar refractivity (Wildman–Crippen MR) is 83.0 cm³/mol. The Morgan fingerprint density at radius 2 is 1.50 bits per heavy atom. The summed E-state index contributed by atoms with van der Waals surface area (Å²) in [4.78, 5) is 14.5. The highest BCUT2D eigenvalue weighted by Gasteiger charge is 2.12. The molecule has 0 fully saturated rings. The van der Waals surface area contributed by atoms with Crippen LogP contribution >= 0.6 is 21.0 Å². The van der Waals surface area contributed by atoms with Crippen molar-refractivity contribution in [3.05, 3.63) is 45.6 Å². The van der Waals surface area contributed by atoms with Gasteiger partial charge in [0.2, 0.25) is 5.43 Å². The van der Waals surface area contributed by atoms with Crippen LogP contribution in [0.25, 0.3) is 0 Å². The first kappa shape index (κ1) is 11.9. The minimum atomic E-state index is -0.0953. The van der Waals surface area contributed by atoms with Gasteiger partial charge in [-0.25, -0.2) is 0 Å². The van der Waals surface area contributed by atoms with Crippen molar-refractivity contribution in [1.82, 2.24) is 4.57 Å². The normalized spacial score (nSPS) is 25.2. The third-order valence-electron chi connectivity index (χ3n) is 2.91. The first-order valence-corrected chi connectivity index (χ1v) is 8.60. The van der Waals surface area contributed by atoms with Gasteiger partial charge < -0.3 is 4.57 Å². The van der Waals surface area contributed by atoms with Crippen LogP contribution in [-0.4, -0.2) is 15.3 Å². The molecule has 0 saturated heterocycles. The van der Waals surface area contributed by atoms with E-state index in [2.05, 4.69) is 33.7 Å². The van der Waals surface area contributed by atoms with Crippen molar-refractivity contribution in [2.24, 2.45) is 7.05 Å². The molecule has 4 heteroatoms. The molecule has 0 spiro atoms. The van der Waals surface area contributed by atoms with E-state index >= 15 is 0 Å². The van der Waals surface area contributed by atoms with Gasteiger partial charge in [0.05, 0.1) is 9.79 Å². The summed E-state index contributed by atoms with van der Waals surface area (Å²) in [6.07, 6.45) is 10.2. The maximum Gasteiger partial charge on any atom is 0.208 e. The maximum absolute atomic E-state index is 12.6. The van der Waals surface area contributed by atoms with Crippen LogP contribution in [0.5, 0.6) is 0 Å². The van der Waals surface area contributed by atoms with E-state index in [1.165, 1.54) is 0 Å². The first-order valence-electron chi connectivity index (χ1n) is 5.90. The number of hydrogen-bond acceptors (Lipinski definition) is 1. The smallest absolute Gasteiger partial charge is 0.208 e. The lowest BCUT2D eigenvalue weighted by Gasteiger charge is -2.09. The Labute approximate surface area is 112 Å². The van der Waals surface area contributed by atoms with E-state index in [0.29, 0.717) is 0 Å². The second-order valence-electron chi connectivity index (χ2n) is 4.27. The highest BCUT2D eigenvalue weighted by Crippen LogP contribution is 2.33. The van der Waals surface area contributed by atoms with Gasteiger partial charge in [-0.2, -0.15) is 0 Å². The summed E-state index contributed by atoms with van der Waals surface area (Å²) >= 11 is 0. The molecule has 0 radical (unpaired) electrons. The van der Waals surface area contributed by atoms with Gasteiger partial charge in [-0.1, -0.05) is 12.2 Å². The van der Waals surface area contributed by atoms with Crippen LogP contribution in [0.1, 0.15) is 12.8 Å². The lowest BCUT2D eigenvalue weighted by atomic mass is 10.5. The van der Waals surface area contributed by atoms with Crippen molar-refractivity contribution in [3.8, 4) is 0 Å². The Kier molecular flexibility index (Phi) is 3.22. The van der Waals surface area contributed by atoms with Crippen molar-refractivity contribution in [2.75, 3.05) is 0 Å². The van der Waals surface area contributed by atoms with E-state index in [9.17, 15) is 4.79 Å². The maximum atomic E-state index is 12.6. The number of aryl methyl sites for hydroxylation is 1. The van der Waals surface area contributed by atoms with Crippen molar-refractivity contribution in [1.29, 1.82) is 0 Å². The van der Waals surface area contributed by atoms with Crippen LogP contribution in [0.2, 0.25) is 0 Å². The summed E-state index contributed by atoms with van der Waals surface area (Å²) in [5, 5.41) is 8.74. The number of nitrogens with zero attached hydrogens (tertiary/aromatic N) is 1. The predicted octanol–water partition coefficient (Wildman–Crippen LogP) is 3.08. The number of hydrogen-bond donors (Lipinski definition) is 0. The summed E-state index contributed by atoms with van der Waals surface area (Å²) < 4.78 is 2.02. The zero-order valence-electron chi connectivity index (χ0n) is 10.2. The zero-order valence-corrected chi connectivity index (χ0v) is 11.8. The molecular weight excluding hydrogens is 262 g/mol. The minimum absolute atomic E-state index is 0.0953. The Hall–Kier alpha value is -1.13. The molecule has 0 aliphatic carbocycles. The van der Waals surface area contributed by atoms with Gasteiger partial charge in [-0.05, 0) is 34.4 Å². The summed E-state index contributed by atoms with van der Waals surface area (Å²) in [6, 6.07) is 0. The fraction of sp³-hybridized carbons (Fsp3) is 0.214. The fourth-order valence-corrected chi connectivity index (χ4v) is 5.49. The fourth-order valence-electron chi connectivity index (χ4n) is 2.06. The van der Waals surface area contributed by atoms with Crippen molar-refractivity contribution >= 4 is 31.7 Å². The SMILES string of the molecule is Cn1cc(S2=CCC=C2)c(=O)c(S2=CCC=C2)c1. The lowest BCUT2D eigenvalue weighted by molar-refractivity contribution is 0.846. The van der Waals surface area contributed by atoms with E-state index in [4.69, 9.17) is 0 Å². The van der Waals surface area contributed by atoms with E-state index < -0.39 is 0 Å². The number of pyridine rings is 1. The molecule has 2 atom stereocenters. The van der Waals surface area contributed by atoms with Crippen LogP contribution in [0.3, 0.4) is 0 Å². The molecule has 3 rings (SSSR count). The Morgan fingerprint density at radius 3 is 1.89 bits per heavy atom. The monoisotopic (exact) mass is 277 g/mol. The topological polar surface area (TPSA) is 22.0 Å². The summed E-state index contributed by atoms with van der Waals surface area (Å²) in [5.74, 6) is 0. The molecule has 0 amide bonds. The Morgan fingerprint density at radius 1 is 1.00 bits per heavy atom. The molecule has 0 N–H and O–H groups in total. The van der Waals surface area contributed by atoms with Gasteiger partial charge in [-0.15, -0.1) is 21.0 Å². The lowest BCUT2D eigenvalue weighted by Crippen LogP contribution is -2.11. The number of aromatic nitrogens is 1. The van der Waals surface area contributed by atoms with Crippen LogP contribution in [0.4, 0.5) is 0 Å². The molecule has 3 heterocycles.